The maximum atomic E-state index is 13.2. The number of aromatic nitrogens is 2. The minimum Gasteiger partial charge on any atom is -0.439 e. The molecule has 1 aliphatic heterocycles. The van der Waals surface area contributed by atoms with Gasteiger partial charge in [0, 0.05) is 18.3 Å². The molecule has 4 aromatic rings. The lowest BCUT2D eigenvalue weighted by molar-refractivity contribution is 0.0932. The third kappa shape index (κ3) is 4.08. The zero-order chi connectivity index (χ0) is 23.8. The van der Waals surface area contributed by atoms with Crippen molar-refractivity contribution in [3.05, 3.63) is 65.8 Å². The molecule has 0 saturated heterocycles. The summed E-state index contributed by atoms with van der Waals surface area (Å²) in [6, 6.07) is 14.5. The van der Waals surface area contributed by atoms with E-state index in [1.54, 1.807) is 35.5 Å². The standard InChI is InChI=1S/C26H23N5O3S/c32-24(29-16-7-3-1-4-8-16)23-22-21-19(13-14-27-25(21)35-23)31(26(33)30-22)17-11-12-20(28-15-17)34-18-9-5-2-6-10-18/h2,5-6,9-16H,1,3-4,7-8H2,(H,29,32)(H,30,33). The highest BCUT2D eigenvalue weighted by Crippen LogP contribution is 2.45. The quantitative estimate of drug-likeness (QED) is 0.349. The van der Waals surface area contributed by atoms with Crippen LogP contribution in [0.4, 0.5) is 21.9 Å². The molecule has 0 bridgehead atoms. The first-order valence-corrected chi connectivity index (χ1v) is 12.5. The Bertz CT molecular complexity index is 1400. The number of rotatable bonds is 5. The van der Waals surface area contributed by atoms with Gasteiger partial charge in [-0.05, 0) is 37.1 Å². The summed E-state index contributed by atoms with van der Waals surface area (Å²) in [4.78, 5) is 38.0. The van der Waals surface area contributed by atoms with Gasteiger partial charge in [-0.3, -0.25) is 9.69 Å². The number of anilines is 3. The van der Waals surface area contributed by atoms with Crippen molar-refractivity contribution >= 4 is 50.6 Å². The molecule has 176 valence electrons. The average molecular weight is 486 g/mol. The van der Waals surface area contributed by atoms with Crippen molar-refractivity contribution in [3.63, 3.8) is 0 Å². The zero-order valence-electron chi connectivity index (χ0n) is 18.9. The summed E-state index contributed by atoms with van der Waals surface area (Å²) >= 11 is 1.30. The third-order valence-electron chi connectivity index (χ3n) is 6.34. The van der Waals surface area contributed by atoms with E-state index < -0.39 is 0 Å². The predicted molar refractivity (Wildman–Crippen MR) is 136 cm³/mol. The molecule has 8 nitrogen and oxygen atoms in total. The Morgan fingerprint density at radius 1 is 1.06 bits per heavy atom. The van der Waals surface area contributed by atoms with Crippen LogP contribution in [0.1, 0.15) is 41.8 Å². The van der Waals surface area contributed by atoms with E-state index >= 15 is 0 Å². The number of carbonyl (C=O) groups is 2. The summed E-state index contributed by atoms with van der Waals surface area (Å²) in [5.41, 5.74) is 1.78. The van der Waals surface area contributed by atoms with Crippen molar-refractivity contribution in [1.29, 1.82) is 0 Å². The number of nitrogens with zero attached hydrogens (tertiary/aromatic N) is 3. The Hall–Kier alpha value is -3.98. The van der Waals surface area contributed by atoms with Gasteiger partial charge in [-0.1, -0.05) is 37.5 Å². The number of ether oxygens (including phenoxy) is 1. The second-order valence-electron chi connectivity index (χ2n) is 8.66. The van der Waals surface area contributed by atoms with Gasteiger partial charge >= 0.3 is 6.03 Å². The lowest BCUT2D eigenvalue weighted by Gasteiger charge is -2.28. The topological polar surface area (TPSA) is 96.5 Å². The van der Waals surface area contributed by atoms with Crippen LogP contribution < -0.4 is 20.3 Å². The minimum absolute atomic E-state index is 0.154. The summed E-state index contributed by atoms with van der Waals surface area (Å²) in [5, 5.41) is 6.84. The maximum Gasteiger partial charge on any atom is 0.331 e. The first-order chi connectivity index (χ1) is 17.2. The monoisotopic (exact) mass is 485 g/mol. The fourth-order valence-corrected chi connectivity index (χ4v) is 5.70. The van der Waals surface area contributed by atoms with E-state index in [4.69, 9.17) is 4.74 Å². The highest BCUT2D eigenvalue weighted by Gasteiger charge is 2.33. The number of para-hydroxylation sites is 1. The van der Waals surface area contributed by atoms with Crippen LogP contribution in [0.25, 0.3) is 10.2 Å². The van der Waals surface area contributed by atoms with E-state index in [1.165, 1.54) is 17.8 Å². The molecular weight excluding hydrogens is 462 g/mol. The Morgan fingerprint density at radius 2 is 1.89 bits per heavy atom. The molecule has 1 aromatic carbocycles. The summed E-state index contributed by atoms with van der Waals surface area (Å²) in [6.07, 6.45) is 8.72. The smallest absolute Gasteiger partial charge is 0.331 e. The Labute approximate surface area is 206 Å². The lowest BCUT2D eigenvalue weighted by atomic mass is 9.95. The van der Waals surface area contributed by atoms with Crippen molar-refractivity contribution in [2.24, 2.45) is 0 Å². The van der Waals surface area contributed by atoms with Crippen LogP contribution in [0.15, 0.2) is 60.9 Å². The average Bonchev–Trinajstić information content (AvgIpc) is 3.26. The van der Waals surface area contributed by atoms with Crippen molar-refractivity contribution in [1.82, 2.24) is 15.3 Å². The molecule has 1 saturated carbocycles. The van der Waals surface area contributed by atoms with Gasteiger partial charge < -0.3 is 15.4 Å². The molecule has 0 spiro atoms. The van der Waals surface area contributed by atoms with Crippen LogP contribution in [0.5, 0.6) is 11.6 Å². The number of nitrogens with one attached hydrogen (secondary N) is 2. The van der Waals surface area contributed by atoms with Gasteiger partial charge in [0.05, 0.1) is 28.6 Å². The Balaban J connectivity index is 1.31. The molecule has 0 atom stereocenters. The van der Waals surface area contributed by atoms with Crippen molar-refractivity contribution in [2.75, 3.05) is 10.2 Å². The van der Waals surface area contributed by atoms with Gasteiger partial charge in [-0.15, -0.1) is 11.3 Å². The summed E-state index contributed by atoms with van der Waals surface area (Å²) < 4.78 is 5.77. The number of hydrogen-bond acceptors (Lipinski definition) is 6. The molecule has 0 unspecified atom stereocenters. The van der Waals surface area contributed by atoms with Crippen LogP contribution in [0, 0.1) is 0 Å². The molecule has 1 fully saturated rings. The van der Waals surface area contributed by atoms with E-state index in [2.05, 4.69) is 20.6 Å². The largest absolute Gasteiger partial charge is 0.439 e. The van der Waals surface area contributed by atoms with E-state index in [1.807, 2.05) is 30.3 Å². The van der Waals surface area contributed by atoms with E-state index in [9.17, 15) is 9.59 Å². The van der Waals surface area contributed by atoms with Gasteiger partial charge in [0.25, 0.3) is 5.91 Å². The molecule has 9 heteroatoms. The molecule has 4 heterocycles. The molecule has 2 aliphatic rings. The van der Waals surface area contributed by atoms with Gasteiger partial charge in [0.2, 0.25) is 5.88 Å². The van der Waals surface area contributed by atoms with E-state index in [0.29, 0.717) is 38.4 Å². The highest BCUT2D eigenvalue weighted by molar-refractivity contribution is 7.21. The molecule has 2 N–H and O–H groups in total. The molecule has 35 heavy (non-hydrogen) atoms. The van der Waals surface area contributed by atoms with Crippen molar-refractivity contribution in [3.8, 4) is 11.6 Å². The van der Waals surface area contributed by atoms with Gasteiger partial charge in [0.1, 0.15) is 15.5 Å². The summed E-state index contributed by atoms with van der Waals surface area (Å²) in [6.45, 7) is 0. The molecule has 3 amide bonds. The summed E-state index contributed by atoms with van der Waals surface area (Å²) in [7, 11) is 0. The molecular formula is C26H23N5O3S. The van der Waals surface area contributed by atoms with Crippen LogP contribution in [-0.4, -0.2) is 27.9 Å². The minimum atomic E-state index is -0.353. The number of amides is 3. The second-order valence-corrected chi connectivity index (χ2v) is 9.66. The molecule has 3 aromatic heterocycles. The zero-order valence-corrected chi connectivity index (χ0v) is 19.7. The Kier molecular flexibility index (Phi) is 5.54. The van der Waals surface area contributed by atoms with Gasteiger partial charge in [-0.2, -0.15) is 0 Å². The van der Waals surface area contributed by atoms with Crippen LogP contribution in [0.2, 0.25) is 0 Å². The normalized spacial score (nSPS) is 15.7. The fourth-order valence-electron chi connectivity index (χ4n) is 4.67. The first-order valence-electron chi connectivity index (χ1n) is 11.7. The SMILES string of the molecule is O=C(NC1CCCCC1)c1sc2nccc3c2c1NC(=O)N3c1ccc(Oc2ccccc2)nc1. The second kappa shape index (κ2) is 8.99. The van der Waals surface area contributed by atoms with Crippen LogP contribution >= 0.6 is 11.3 Å². The predicted octanol–water partition coefficient (Wildman–Crippen LogP) is 6.23. The van der Waals surface area contributed by atoms with Crippen LogP contribution in [-0.2, 0) is 0 Å². The molecule has 0 radical (unpaired) electrons. The van der Waals surface area contributed by atoms with E-state index in [-0.39, 0.29) is 18.0 Å². The van der Waals surface area contributed by atoms with Gasteiger partial charge in [0.15, 0.2) is 0 Å². The van der Waals surface area contributed by atoms with Crippen molar-refractivity contribution in [2.45, 2.75) is 38.1 Å². The summed E-state index contributed by atoms with van der Waals surface area (Å²) in [5.74, 6) is 0.954. The number of benzene rings is 1. The number of carbonyl (C=O) groups excluding carboxylic acids is 2. The Morgan fingerprint density at radius 3 is 2.66 bits per heavy atom. The lowest BCUT2D eigenvalue weighted by Crippen LogP contribution is -2.37. The number of pyridine rings is 2. The van der Waals surface area contributed by atoms with E-state index in [0.717, 1.165) is 31.1 Å². The molecule has 1 aliphatic carbocycles. The third-order valence-corrected chi connectivity index (χ3v) is 7.43. The number of thiophene rings is 1. The van der Waals surface area contributed by atoms with Crippen LogP contribution in [0.3, 0.4) is 0 Å². The van der Waals surface area contributed by atoms with Gasteiger partial charge in [-0.25, -0.2) is 14.8 Å². The maximum absolute atomic E-state index is 13.2. The highest BCUT2D eigenvalue weighted by atomic mass is 32.1. The number of hydrogen-bond donors (Lipinski definition) is 2. The first kappa shape index (κ1) is 21.5. The van der Waals surface area contributed by atoms with Crippen molar-refractivity contribution < 1.29 is 14.3 Å². The fraction of sp³-hybridized carbons (Fsp3) is 0.231. The number of urea groups is 1. The molecule has 6 rings (SSSR count).